The maximum absolute atomic E-state index is 13.8. The molecule has 0 radical (unpaired) electrons. The van der Waals surface area contributed by atoms with Gasteiger partial charge < -0.3 is 10.5 Å². The average molecular weight is 279 g/mol. The van der Waals surface area contributed by atoms with Crippen molar-refractivity contribution in [3.63, 3.8) is 0 Å². The van der Waals surface area contributed by atoms with E-state index in [0.29, 0.717) is 23.6 Å². The molecule has 0 aliphatic rings. The van der Waals surface area contributed by atoms with Gasteiger partial charge in [0, 0.05) is 25.9 Å². The van der Waals surface area contributed by atoms with Gasteiger partial charge in [0.25, 0.3) is 0 Å². The van der Waals surface area contributed by atoms with Gasteiger partial charge in [-0.15, -0.1) is 5.10 Å². The molecule has 6 nitrogen and oxygen atoms in total. The number of tetrazole rings is 1. The van der Waals surface area contributed by atoms with Crippen molar-refractivity contribution in [1.29, 1.82) is 0 Å². The molecule has 0 saturated carbocycles. The number of ether oxygens (including phenoxy) is 1. The number of nitrogen functional groups attached to an aromatic ring is 1. The summed E-state index contributed by atoms with van der Waals surface area (Å²) < 4.78 is 20.4. The van der Waals surface area contributed by atoms with Crippen LogP contribution < -0.4 is 5.73 Å². The smallest absolute Gasteiger partial charge is 0.185 e. The third-order valence-electron chi connectivity index (χ3n) is 2.98. The zero-order valence-corrected chi connectivity index (χ0v) is 11.4. The van der Waals surface area contributed by atoms with Gasteiger partial charge in [0.05, 0.1) is 5.56 Å². The molecular formula is C13H18FN5O. The highest BCUT2D eigenvalue weighted by atomic mass is 19.1. The van der Waals surface area contributed by atoms with Gasteiger partial charge in [-0.25, -0.2) is 9.07 Å². The van der Waals surface area contributed by atoms with Gasteiger partial charge in [-0.2, -0.15) is 0 Å². The van der Waals surface area contributed by atoms with Crippen molar-refractivity contribution in [2.45, 2.75) is 25.8 Å². The number of unbranched alkanes of at least 4 members (excludes halogenated alkanes) is 2. The molecule has 0 fully saturated rings. The Labute approximate surface area is 116 Å². The van der Waals surface area contributed by atoms with Crippen LogP contribution in [0.2, 0.25) is 0 Å². The molecule has 2 aromatic rings. The Balaban J connectivity index is 2.06. The Morgan fingerprint density at radius 3 is 2.95 bits per heavy atom. The molecule has 1 heterocycles. The number of hydrogen-bond acceptors (Lipinski definition) is 5. The van der Waals surface area contributed by atoms with E-state index in [1.54, 1.807) is 17.9 Å². The predicted molar refractivity (Wildman–Crippen MR) is 73.4 cm³/mol. The van der Waals surface area contributed by atoms with Crippen LogP contribution in [0.1, 0.15) is 19.3 Å². The Morgan fingerprint density at radius 1 is 1.30 bits per heavy atom. The summed E-state index contributed by atoms with van der Waals surface area (Å²) in [6, 6.07) is 4.38. The van der Waals surface area contributed by atoms with Gasteiger partial charge in [0.2, 0.25) is 0 Å². The van der Waals surface area contributed by atoms with Gasteiger partial charge in [-0.1, -0.05) is 0 Å². The molecule has 0 bridgehead atoms. The number of halogens is 1. The molecule has 0 atom stereocenters. The minimum atomic E-state index is -0.380. The lowest BCUT2D eigenvalue weighted by Gasteiger charge is -2.06. The molecular weight excluding hydrogens is 261 g/mol. The summed E-state index contributed by atoms with van der Waals surface area (Å²) in [5, 5.41) is 11.4. The molecule has 0 spiro atoms. The SMILES string of the molecule is COCCCCCn1nnnc1-c1cc(N)ccc1F. The second-order valence-electron chi connectivity index (χ2n) is 4.52. The molecule has 0 aliphatic heterocycles. The first-order chi connectivity index (χ1) is 9.72. The second kappa shape index (κ2) is 6.95. The van der Waals surface area contributed by atoms with Crippen molar-refractivity contribution in [3.8, 4) is 11.4 Å². The minimum absolute atomic E-state index is 0.326. The molecule has 0 amide bonds. The van der Waals surface area contributed by atoms with Gasteiger partial charge >= 0.3 is 0 Å². The molecule has 1 aromatic carbocycles. The fourth-order valence-corrected chi connectivity index (χ4v) is 1.95. The maximum Gasteiger partial charge on any atom is 0.185 e. The van der Waals surface area contributed by atoms with Crippen LogP contribution in [0.4, 0.5) is 10.1 Å². The van der Waals surface area contributed by atoms with Crippen LogP contribution in [-0.2, 0) is 11.3 Å². The van der Waals surface area contributed by atoms with Crippen LogP contribution in [-0.4, -0.2) is 33.9 Å². The first-order valence-electron chi connectivity index (χ1n) is 6.53. The van der Waals surface area contributed by atoms with E-state index < -0.39 is 0 Å². The van der Waals surface area contributed by atoms with E-state index in [2.05, 4.69) is 15.5 Å². The van der Waals surface area contributed by atoms with Crippen molar-refractivity contribution in [2.24, 2.45) is 0 Å². The third-order valence-corrected chi connectivity index (χ3v) is 2.98. The Kier molecular flexibility index (Phi) is 5.00. The van der Waals surface area contributed by atoms with Crippen LogP contribution in [0.3, 0.4) is 0 Å². The summed E-state index contributed by atoms with van der Waals surface area (Å²) in [5.41, 5.74) is 6.49. The minimum Gasteiger partial charge on any atom is -0.399 e. The van der Waals surface area contributed by atoms with Crippen LogP contribution >= 0.6 is 0 Å². The highest BCUT2D eigenvalue weighted by molar-refractivity contribution is 5.61. The number of aryl methyl sites for hydroxylation is 1. The Bertz CT molecular complexity index is 557. The van der Waals surface area contributed by atoms with E-state index >= 15 is 0 Å². The van der Waals surface area contributed by atoms with Crippen molar-refractivity contribution in [2.75, 3.05) is 19.5 Å². The lowest BCUT2D eigenvalue weighted by atomic mass is 10.1. The molecule has 7 heteroatoms. The standard InChI is InChI=1S/C13H18FN5O/c1-20-8-4-2-3-7-19-13(16-17-18-19)11-9-10(15)5-6-12(11)14/h5-6,9H,2-4,7-8,15H2,1H3. The van der Waals surface area contributed by atoms with Crippen molar-refractivity contribution < 1.29 is 9.13 Å². The topological polar surface area (TPSA) is 78.8 Å². The van der Waals surface area contributed by atoms with E-state index in [9.17, 15) is 4.39 Å². The number of benzene rings is 1. The quantitative estimate of drug-likeness (QED) is 0.618. The zero-order chi connectivity index (χ0) is 14.4. The fourth-order valence-electron chi connectivity index (χ4n) is 1.95. The first kappa shape index (κ1) is 14.4. The average Bonchev–Trinajstić information content (AvgIpc) is 2.89. The van der Waals surface area contributed by atoms with Crippen LogP contribution in [0.5, 0.6) is 0 Å². The lowest BCUT2D eigenvalue weighted by Crippen LogP contribution is -2.05. The molecule has 0 aliphatic carbocycles. The largest absolute Gasteiger partial charge is 0.399 e. The molecule has 1 aromatic heterocycles. The zero-order valence-electron chi connectivity index (χ0n) is 11.4. The molecule has 2 rings (SSSR count). The van der Waals surface area contributed by atoms with Gasteiger partial charge in [-0.05, 0) is 47.9 Å². The Hall–Kier alpha value is -2.02. The first-order valence-corrected chi connectivity index (χ1v) is 6.53. The summed E-state index contributed by atoms with van der Waals surface area (Å²) in [5.74, 6) is 0.0242. The number of anilines is 1. The van der Waals surface area contributed by atoms with E-state index in [0.717, 1.165) is 25.9 Å². The number of aromatic nitrogens is 4. The normalized spacial score (nSPS) is 10.9. The summed E-state index contributed by atoms with van der Waals surface area (Å²) in [4.78, 5) is 0. The monoisotopic (exact) mass is 279 g/mol. The van der Waals surface area contributed by atoms with Gasteiger partial charge in [0.1, 0.15) is 5.82 Å². The number of hydrogen-bond donors (Lipinski definition) is 1. The van der Waals surface area contributed by atoms with Gasteiger partial charge in [-0.3, -0.25) is 0 Å². The number of nitrogens with two attached hydrogens (primary N) is 1. The number of rotatable bonds is 7. The highest BCUT2D eigenvalue weighted by Crippen LogP contribution is 2.22. The van der Waals surface area contributed by atoms with Crippen molar-refractivity contribution >= 4 is 5.69 Å². The summed E-state index contributed by atoms with van der Waals surface area (Å²) in [6.07, 6.45) is 2.90. The molecule has 20 heavy (non-hydrogen) atoms. The van der Waals surface area contributed by atoms with E-state index in [1.165, 1.54) is 12.1 Å². The Morgan fingerprint density at radius 2 is 2.15 bits per heavy atom. The third kappa shape index (κ3) is 3.51. The molecule has 2 N–H and O–H groups in total. The summed E-state index contributed by atoms with van der Waals surface area (Å²) >= 11 is 0. The predicted octanol–water partition coefficient (Wildman–Crippen LogP) is 1.88. The second-order valence-corrected chi connectivity index (χ2v) is 4.52. The number of nitrogens with zero attached hydrogens (tertiary/aromatic N) is 4. The fraction of sp³-hybridized carbons (Fsp3) is 0.462. The molecule has 108 valence electrons. The van der Waals surface area contributed by atoms with Crippen molar-refractivity contribution in [3.05, 3.63) is 24.0 Å². The maximum atomic E-state index is 13.8. The summed E-state index contributed by atoms with van der Waals surface area (Å²) in [7, 11) is 1.68. The summed E-state index contributed by atoms with van der Waals surface area (Å²) in [6.45, 7) is 1.38. The van der Waals surface area contributed by atoms with E-state index in [4.69, 9.17) is 10.5 Å². The molecule has 0 saturated heterocycles. The van der Waals surface area contributed by atoms with E-state index in [-0.39, 0.29) is 5.82 Å². The van der Waals surface area contributed by atoms with E-state index in [1.807, 2.05) is 0 Å². The van der Waals surface area contributed by atoms with Crippen LogP contribution in [0.15, 0.2) is 18.2 Å². The lowest BCUT2D eigenvalue weighted by molar-refractivity contribution is 0.191. The van der Waals surface area contributed by atoms with Crippen LogP contribution in [0, 0.1) is 5.82 Å². The van der Waals surface area contributed by atoms with Crippen molar-refractivity contribution in [1.82, 2.24) is 20.2 Å². The molecule has 0 unspecified atom stereocenters. The van der Waals surface area contributed by atoms with Gasteiger partial charge in [0.15, 0.2) is 5.82 Å². The number of methoxy groups -OCH3 is 1. The highest BCUT2D eigenvalue weighted by Gasteiger charge is 2.13. The van der Waals surface area contributed by atoms with Crippen LogP contribution in [0.25, 0.3) is 11.4 Å².